The van der Waals surface area contributed by atoms with Crippen molar-refractivity contribution in [2.24, 2.45) is 7.05 Å². The number of nitrogens with zero attached hydrogens (tertiary/aromatic N) is 3. The lowest BCUT2D eigenvalue weighted by Crippen LogP contribution is -2.40. The van der Waals surface area contributed by atoms with Crippen molar-refractivity contribution in [3.8, 4) is 5.69 Å². The van der Waals surface area contributed by atoms with Crippen LogP contribution in [0.4, 0.5) is 5.69 Å². The number of nitrogens with one attached hydrogen (secondary N) is 1. The van der Waals surface area contributed by atoms with Gasteiger partial charge in [-0.1, -0.05) is 48.5 Å². The van der Waals surface area contributed by atoms with Crippen LogP contribution in [0, 0.1) is 6.92 Å². The molecule has 1 N–H and O–H groups in total. The summed E-state index contributed by atoms with van der Waals surface area (Å²) in [5, 5.41) is 2.84. The molecule has 1 amide bonds. The Morgan fingerprint density at radius 2 is 1.64 bits per heavy atom. The molecule has 3 rings (SSSR count). The molecule has 0 saturated carbocycles. The summed E-state index contributed by atoms with van der Waals surface area (Å²) in [6.07, 6.45) is 0. The lowest BCUT2D eigenvalue weighted by molar-refractivity contribution is -0.120. The Morgan fingerprint density at radius 3 is 2.25 bits per heavy atom. The van der Waals surface area contributed by atoms with Crippen LogP contribution in [0.25, 0.3) is 5.69 Å². The fourth-order valence-electron chi connectivity index (χ4n) is 3.15. The number of rotatable bonds is 6. The maximum atomic E-state index is 12.9. The number of hydrogen-bond acceptors (Lipinski definition) is 3. The van der Waals surface area contributed by atoms with Crippen LogP contribution < -0.4 is 10.9 Å². The molecule has 0 aliphatic heterocycles. The number of carbonyl (C=O) groups is 1. The van der Waals surface area contributed by atoms with Crippen molar-refractivity contribution in [1.29, 1.82) is 0 Å². The molecule has 28 heavy (non-hydrogen) atoms. The van der Waals surface area contributed by atoms with Gasteiger partial charge in [-0.15, -0.1) is 0 Å². The van der Waals surface area contributed by atoms with Gasteiger partial charge in [0.15, 0.2) is 0 Å². The molecular formula is C22H26N4O2. The summed E-state index contributed by atoms with van der Waals surface area (Å²) >= 11 is 0. The third-order valence-electron chi connectivity index (χ3n) is 5.12. The molecule has 1 heterocycles. The second-order valence-corrected chi connectivity index (χ2v) is 7.00. The maximum Gasteiger partial charge on any atom is 0.295 e. The zero-order chi connectivity index (χ0) is 20.3. The molecule has 0 aliphatic rings. The summed E-state index contributed by atoms with van der Waals surface area (Å²) in [5.74, 6) is -0.204. The third kappa shape index (κ3) is 3.92. The monoisotopic (exact) mass is 378 g/mol. The molecule has 6 nitrogen and oxygen atoms in total. The van der Waals surface area contributed by atoms with E-state index >= 15 is 0 Å². The minimum absolute atomic E-state index is 0.204. The van der Waals surface area contributed by atoms with Gasteiger partial charge in [0, 0.05) is 13.6 Å². The van der Waals surface area contributed by atoms with Gasteiger partial charge in [0.1, 0.15) is 5.69 Å². The average molecular weight is 378 g/mol. The first-order valence-electron chi connectivity index (χ1n) is 9.29. The standard InChI is InChI=1S/C22H26N4O2/c1-16-20(22(28)26(25(16)4)19-13-9-6-10-14-19)23-21(27)17(2)24(3)15-18-11-7-5-8-12-18/h5-14,17H,15H2,1-4H3,(H,23,27)/t17-/m0/s1. The van der Waals surface area contributed by atoms with E-state index in [-0.39, 0.29) is 17.5 Å². The molecule has 0 aliphatic carbocycles. The highest BCUT2D eigenvalue weighted by atomic mass is 16.2. The summed E-state index contributed by atoms with van der Waals surface area (Å²) in [5.41, 5.74) is 2.67. The van der Waals surface area contributed by atoms with Crippen LogP contribution in [0.15, 0.2) is 65.5 Å². The van der Waals surface area contributed by atoms with E-state index in [1.165, 1.54) is 0 Å². The highest BCUT2D eigenvalue weighted by Gasteiger charge is 2.23. The van der Waals surface area contributed by atoms with Crippen molar-refractivity contribution in [3.05, 3.63) is 82.3 Å². The summed E-state index contributed by atoms with van der Waals surface area (Å²) in [6.45, 7) is 4.32. The van der Waals surface area contributed by atoms with Crippen LogP contribution in [0.5, 0.6) is 0 Å². The van der Waals surface area contributed by atoms with Crippen molar-refractivity contribution in [2.75, 3.05) is 12.4 Å². The van der Waals surface area contributed by atoms with Crippen LogP contribution in [-0.4, -0.2) is 33.3 Å². The van der Waals surface area contributed by atoms with Crippen LogP contribution in [0.2, 0.25) is 0 Å². The van der Waals surface area contributed by atoms with Gasteiger partial charge in [-0.05, 0) is 38.6 Å². The molecule has 0 unspecified atom stereocenters. The van der Waals surface area contributed by atoms with Gasteiger partial charge in [0.25, 0.3) is 5.56 Å². The predicted octanol–water partition coefficient (Wildman–Crippen LogP) is 2.94. The number of likely N-dealkylation sites (N-methyl/N-ethyl adjacent to an activating group) is 1. The van der Waals surface area contributed by atoms with Crippen LogP contribution >= 0.6 is 0 Å². The van der Waals surface area contributed by atoms with Crippen molar-refractivity contribution in [1.82, 2.24) is 14.3 Å². The number of amides is 1. The number of hydrogen-bond donors (Lipinski definition) is 1. The van der Waals surface area contributed by atoms with Crippen LogP contribution in [0.1, 0.15) is 18.2 Å². The van der Waals surface area contributed by atoms with E-state index < -0.39 is 0 Å². The molecule has 0 fully saturated rings. The molecule has 1 aromatic heterocycles. The zero-order valence-corrected chi connectivity index (χ0v) is 16.7. The molecule has 0 saturated heterocycles. The normalized spacial score (nSPS) is 12.2. The second-order valence-electron chi connectivity index (χ2n) is 7.00. The van der Waals surface area contributed by atoms with Crippen molar-refractivity contribution < 1.29 is 4.79 Å². The maximum absolute atomic E-state index is 12.9. The predicted molar refractivity (Wildman–Crippen MR) is 112 cm³/mol. The molecular weight excluding hydrogens is 352 g/mol. The zero-order valence-electron chi connectivity index (χ0n) is 16.7. The third-order valence-corrected chi connectivity index (χ3v) is 5.12. The Morgan fingerprint density at radius 1 is 1.07 bits per heavy atom. The second kappa shape index (κ2) is 8.27. The van der Waals surface area contributed by atoms with E-state index in [1.807, 2.05) is 93.5 Å². The van der Waals surface area contributed by atoms with Gasteiger partial charge < -0.3 is 5.32 Å². The molecule has 0 bridgehead atoms. The van der Waals surface area contributed by atoms with Crippen molar-refractivity contribution in [3.63, 3.8) is 0 Å². The Bertz CT molecular complexity index is 1010. The van der Waals surface area contributed by atoms with Gasteiger partial charge in [-0.2, -0.15) is 0 Å². The van der Waals surface area contributed by atoms with E-state index in [9.17, 15) is 9.59 Å². The number of aromatic nitrogens is 2. The molecule has 3 aromatic rings. The molecule has 146 valence electrons. The molecule has 6 heteroatoms. The van der Waals surface area contributed by atoms with Crippen molar-refractivity contribution in [2.45, 2.75) is 26.4 Å². The summed E-state index contributed by atoms with van der Waals surface area (Å²) in [7, 11) is 3.71. The minimum atomic E-state index is -0.385. The van der Waals surface area contributed by atoms with Gasteiger partial charge in [0.05, 0.1) is 17.4 Å². The van der Waals surface area contributed by atoms with E-state index in [0.717, 1.165) is 11.3 Å². The van der Waals surface area contributed by atoms with E-state index in [2.05, 4.69) is 5.32 Å². The number of carbonyl (C=O) groups excluding carboxylic acids is 1. The van der Waals surface area contributed by atoms with E-state index in [4.69, 9.17) is 0 Å². The Hall–Kier alpha value is -3.12. The highest BCUT2D eigenvalue weighted by Crippen LogP contribution is 2.15. The number of benzene rings is 2. The van der Waals surface area contributed by atoms with Crippen molar-refractivity contribution >= 4 is 11.6 Å². The smallest absolute Gasteiger partial charge is 0.295 e. The molecule has 0 radical (unpaired) electrons. The Labute approximate surface area is 165 Å². The fourth-order valence-corrected chi connectivity index (χ4v) is 3.15. The minimum Gasteiger partial charge on any atom is -0.319 e. The summed E-state index contributed by atoms with van der Waals surface area (Å²) in [6, 6.07) is 19.0. The largest absolute Gasteiger partial charge is 0.319 e. The van der Waals surface area contributed by atoms with Gasteiger partial charge in [0.2, 0.25) is 5.91 Å². The van der Waals surface area contributed by atoms with E-state index in [1.54, 1.807) is 9.36 Å². The lowest BCUT2D eigenvalue weighted by atomic mass is 10.2. The quantitative estimate of drug-likeness (QED) is 0.717. The average Bonchev–Trinajstić information content (AvgIpc) is 2.92. The molecule has 2 aromatic carbocycles. The molecule has 1 atom stereocenters. The summed E-state index contributed by atoms with van der Waals surface area (Å²) < 4.78 is 3.31. The fraction of sp³-hybridized carbons (Fsp3) is 0.273. The van der Waals surface area contributed by atoms with Gasteiger partial charge >= 0.3 is 0 Å². The topological polar surface area (TPSA) is 59.3 Å². The first kappa shape index (κ1) is 19.6. The molecule has 0 spiro atoms. The van der Waals surface area contributed by atoms with Crippen LogP contribution in [-0.2, 0) is 18.4 Å². The first-order chi connectivity index (χ1) is 13.4. The van der Waals surface area contributed by atoms with E-state index in [0.29, 0.717) is 17.9 Å². The SMILES string of the molecule is Cc1c(NC(=O)[C@H](C)N(C)Cc2ccccc2)c(=O)n(-c2ccccc2)n1C. The first-order valence-corrected chi connectivity index (χ1v) is 9.29. The van der Waals surface area contributed by atoms with Crippen LogP contribution in [0.3, 0.4) is 0 Å². The Balaban J connectivity index is 1.80. The van der Waals surface area contributed by atoms with Gasteiger partial charge in [-0.25, -0.2) is 4.68 Å². The lowest BCUT2D eigenvalue weighted by Gasteiger charge is -2.23. The number of para-hydroxylation sites is 1. The Kier molecular flexibility index (Phi) is 5.80. The van der Waals surface area contributed by atoms with Gasteiger partial charge in [-0.3, -0.25) is 19.2 Å². The highest BCUT2D eigenvalue weighted by molar-refractivity contribution is 5.94. The summed E-state index contributed by atoms with van der Waals surface area (Å²) in [4.78, 5) is 27.7. The number of anilines is 1.